The van der Waals surface area contributed by atoms with Crippen LogP contribution in [0.4, 0.5) is 0 Å². The fourth-order valence-electron chi connectivity index (χ4n) is 3.74. The molecule has 0 radical (unpaired) electrons. The number of para-hydroxylation sites is 1. The number of aromatic hydroxyl groups is 1. The number of hydrogen-bond acceptors (Lipinski definition) is 3. The predicted molar refractivity (Wildman–Crippen MR) is 92.8 cm³/mol. The third-order valence-corrected chi connectivity index (χ3v) is 4.94. The number of aliphatic hydroxyl groups is 1. The van der Waals surface area contributed by atoms with E-state index >= 15 is 0 Å². The lowest BCUT2D eigenvalue weighted by Gasteiger charge is -2.15. The van der Waals surface area contributed by atoms with Gasteiger partial charge in [-0.25, -0.2) is 4.98 Å². The number of hydrogen-bond donors (Lipinski definition) is 3. The first-order valence-electron chi connectivity index (χ1n) is 8.29. The Bertz CT molecular complexity index is 856. The number of nitrogens with zero attached hydrogens (tertiary/aromatic N) is 1. The van der Waals surface area contributed by atoms with E-state index in [1.807, 2.05) is 24.4 Å². The lowest BCUT2D eigenvalue weighted by Crippen LogP contribution is -2.01. The summed E-state index contributed by atoms with van der Waals surface area (Å²) in [4.78, 5) is 7.34. The number of aromatic nitrogens is 2. The molecule has 0 saturated heterocycles. The summed E-state index contributed by atoms with van der Waals surface area (Å²) in [5.41, 5.74) is 6.26. The quantitative estimate of drug-likeness (QED) is 0.688. The van der Waals surface area contributed by atoms with Crippen LogP contribution in [0, 0.1) is 0 Å². The van der Waals surface area contributed by atoms with Gasteiger partial charge in [0.1, 0.15) is 5.75 Å². The molecule has 1 atom stereocenters. The third kappa shape index (κ3) is 2.59. The molecule has 4 nitrogen and oxygen atoms in total. The Kier molecular flexibility index (Phi) is 3.82. The van der Waals surface area contributed by atoms with Crippen LogP contribution in [-0.4, -0.2) is 20.2 Å². The summed E-state index contributed by atoms with van der Waals surface area (Å²) in [6.45, 7) is -0.0356. The molecule has 1 aromatic heterocycles. The molecule has 0 fully saturated rings. The Labute approximate surface area is 140 Å². The highest BCUT2D eigenvalue weighted by Gasteiger charge is 2.25. The number of phenolic OH excluding ortho intramolecular Hbond substituents is 1. The minimum Gasteiger partial charge on any atom is -0.507 e. The summed E-state index contributed by atoms with van der Waals surface area (Å²) in [5, 5.41) is 20.0. The average Bonchev–Trinajstić information content (AvgIpc) is 3.25. The van der Waals surface area contributed by atoms with Crippen molar-refractivity contribution in [2.45, 2.75) is 31.8 Å². The van der Waals surface area contributed by atoms with Gasteiger partial charge in [0.05, 0.1) is 18.6 Å². The normalized spacial score (nSPS) is 16.3. The number of rotatable bonds is 4. The van der Waals surface area contributed by atoms with Crippen molar-refractivity contribution >= 4 is 0 Å². The van der Waals surface area contributed by atoms with E-state index in [1.54, 1.807) is 12.4 Å². The van der Waals surface area contributed by atoms with Crippen LogP contribution in [0.5, 0.6) is 5.75 Å². The van der Waals surface area contributed by atoms with Gasteiger partial charge in [-0.1, -0.05) is 30.3 Å². The summed E-state index contributed by atoms with van der Waals surface area (Å²) in [7, 11) is 0. The smallest absolute Gasteiger partial charge is 0.123 e. The number of H-pyrrole nitrogens is 1. The van der Waals surface area contributed by atoms with Gasteiger partial charge in [-0.05, 0) is 53.5 Å². The average molecular weight is 320 g/mol. The van der Waals surface area contributed by atoms with Crippen molar-refractivity contribution < 1.29 is 10.2 Å². The molecule has 4 rings (SSSR count). The minimum absolute atomic E-state index is 0.0356. The second-order valence-electron chi connectivity index (χ2n) is 6.38. The first kappa shape index (κ1) is 15.0. The van der Waals surface area contributed by atoms with E-state index < -0.39 is 0 Å². The Morgan fingerprint density at radius 3 is 2.79 bits per heavy atom. The molecule has 1 heterocycles. The molecule has 0 spiro atoms. The summed E-state index contributed by atoms with van der Waals surface area (Å²) in [6, 6.07) is 11.5. The van der Waals surface area contributed by atoms with Crippen LogP contribution in [0.25, 0.3) is 11.1 Å². The van der Waals surface area contributed by atoms with Gasteiger partial charge in [0.25, 0.3) is 0 Å². The lowest BCUT2D eigenvalue weighted by atomic mass is 9.90. The maximum Gasteiger partial charge on any atom is 0.123 e. The van der Waals surface area contributed by atoms with Crippen LogP contribution in [0.2, 0.25) is 0 Å². The first-order chi connectivity index (χ1) is 11.8. The number of imidazole rings is 1. The molecule has 4 heteroatoms. The second kappa shape index (κ2) is 6.13. The maximum atomic E-state index is 10.2. The Balaban J connectivity index is 1.74. The molecule has 0 aliphatic heterocycles. The highest BCUT2D eigenvalue weighted by atomic mass is 16.3. The molecule has 0 saturated carbocycles. The number of fused-ring (bicyclic) bond motifs is 1. The van der Waals surface area contributed by atoms with E-state index in [-0.39, 0.29) is 12.4 Å². The van der Waals surface area contributed by atoms with E-state index in [1.165, 1.54) is 11.1 Å². The molecule has 1 unspecified atom stereocenters. The van der Waals surface area contributed by atoms with Crippen molar-refractivity contribution in [2.24, 2.45) is 0 Å². The third-order valence-electron chi connectivity index (χ3n) is 4.94. The SMILES string of the molecule is OCc1cc2c(cc1-c1ccccc1O)CCC2Cc1c[nH]cn1. The molecule has 122 valence electrons. The fraction of sp³-hybridized carbons (Fsp3) is 0.250. The maximum absolute atomic E-state index is 10.2. The zero-order valence-electron chi connectivity index (χ0n) is 13.4. The van der Waals surface area contributed by atoms with Crippen LogP contribution in [0.1, 0.15) is 34.7 Å². The number of phenols is 1. The molecule has 0 amide bonds. The van der Waals surface area contributed by atoms with E-state index in [2.05, 4.69) is 22.1 Å². The van der Waals surface area contributed by atoms with Gasteiger partial charge in [-0.15, -0.1) is 0 Å². The van der Waals surface area contributed by atoms with E-state index in [0.29, 0.717) is 5.92 Å². The van der Waals surface area contributed by atoms with Crippen LogP contribution < -0.4 is 0 Å². The zero-order valence-corrected chi connectivity index (χ0v) is 13.4. The highest BCUT2D eigenvalue weighted by Crippen LogP contribution is 2.41. The van der Waals surface area contributed by atoms with Gasteiger partial charge < -0.3 is 15.2 Å². The largest absolute Gasteiger partial charge is 0.507 e. The van der Waals surface area contributed by atoms with Crippen molar-refractivity contribution in [1.29, 1.82) is 0 Å². The summed E-state index contributed by atoms with van der Waals surface area (Å²) in [5.74, 6) is 0.685. The summed E-state index contributed by atoms with van der Waals surface area (Å²) >= 11 is 0. The topological polar surface area (TPSA) is 69.1 Å². The first-order valence-corrected chi connectivity index (χ1v) is 8.29. The number of benzene rings is 2. The number of aromatic amines is 1. The van der Waals surface area contributed by atoms with Gasteiger partial charge in [-0.2, -0.15) is 0 Å². The molecule has 3 aromatic rings. The van der Waals surface area contributed by atoms with Crippen LogP contribution in [0.15, 0.2) is 48.9 Å². The van der Waals surface area contributed by atoms with E-state index in [9.17, 15) is 10.2 Å². The van der Waals surface area contributed by atoms with Crippen LogP contribution in [-0.2, 0) is 19.4 Å². The van der Waals surface area contributed by atoms with Gasteiger partial charge in [-0.3, -0.25) is 0 Å². The second-order valence-corrected chi connectivity index (χ2v) is 6.38. The van der Waals surface area contributed by atoms with E-state index in [4.69, 9.17) is 0 Å². The standard InChI is InChI=1S/C20H20N2O2/c23-11-15-9-18-13(7-16-10-21-12-22-16)5-6-14(18)8-19(15)17-3-1-2-4-20(17)24/h1-4,8-10,12-13,23-24H,5-7,11H2,(H,21,22). The number of aliphatic hydroxyl groups excluding tert-OH is 1. The highest BCUT2D eigenvalue weighted by molar-refractivity contribution is 5.74. The predicted octanol–water partition coefficient (Wildman–Crippen LogP) is 3.55. The van der Waals surface area contributed by atoms with Gasteiger partial charge >= 0.3 is 0 Å². The molecule has 1 aliphatic carbocycles. The van der Waals surface area contributed by atoms with Crippen LogP contribution in [0.3, 0.4) is 0 Å². The number of aryl methyl sites for hydroxylation is 1. The summed E-state index contributed by atoms with van der Waals surface area (Å²) in [6.07, 6.45) is 6.69. The Morgan fingerprint density at radius 1 is 1.17 bits per heavy atom. The molecular weight excluding hydrogens is 300 g/mol. The van der Waals surface area contributed by atoms with Crippen molar-refractivity contribution in [3.63, 3.8) is 0 Å². The van der Waals surface area contributed by atoms with Crippen molar-refractivity contribution in [1.82, 2.24) is 9.97 Å². The van der Waals surface area contributed by atoms with Crippen LogP contribution >= 0.6 is 0 Å². The van der Waals surface area contributed by atoms with Crippen molar-refractivity contribution in [3.8, 4) is 16.9 Å². The molecular formula is C20H20N2O2. The molecule has 3 N–H and O–H groups in total. The summed E-state index contributed by atoms with van der Waals surface area (Å²) < 4.78 is 0. The van der Waals surface area contributed by atoms with Gasteiger partial charge in [0.15, 0.2) is 0 Å². The molecule has 2 aromatic carbocycles. The number of nitrogens with one attached hydrogen (secondary N) is 1. The van der Waals surface area contributed by atoms with Crippen molar-refractivity contribution in [3.05, 3.63) is 71.3 Å². The van der Waals surface area contributed by atoms with Gasteiger partial charge in [0, 0.05) is 11.8 Å². The molecule has 0 bridgehead atoms. The van der Waals surface area contributed by atoms with Crippen molar-refractivity contribution in [2.75, 3.05) is 0 Å². The molecule has 1 aliphatic rings. The molecule has 24 heavy (non-hydrogen) atoms. The van der Waals surface area contributed by atoms with E-state index in [0.717, 1.165) is 41.6 Å². The fourth-order valence-corrected chi connectivity index (χ4v) is 3.74. The lowest BCUT2D eigenvalue weighted by molar-refractivity contribution is 0.282. The minimum atomic E-state index is -0.0356. The Hall–Kier alpha value is -2.59. The monoisotopic (exact) mass is 320 g/mol. The van der Waals surface area contributed by atoms with Gasteiger partial charge in [0.2, 0.25) is 0 Å². The zero-order chi connectivity index (χ0) is 16.5. The Morgan fingerprint density at radius 2 is 2.04 bits per heavy atom.